The van der Waals surface area contributed by atoms with Crippen LogP contribution in [0.4, 0.5) is 4.79 Å². The highest BCUT2D eigenvalue weighted by atomic mass is 16.5. The normalized spacial score (nSPS) is 25.0. The summed E-state index contributed by atoms with van der Waals surface area (Å²) >= 11 is 0. The Bertz CT molecular complexity index is 412. The topological polar surface area (TPSA) is 95.9 Å². The summed E-state index contributed by atoms with van der Waals surface area (Å²) in [5.74, 6) is -1.31. The molecule has 2 N–H and O–H groups in total. The molecule has 21 heavy (non-hydrogen) atoms. The van der Waals surface area contributed by atoms with E-state index in [2.05, 4.69) is 10.1 Å². The first-order chi connectivity index (χ1) is 9.84. The molecule has 2 unspecified atom stereocenters. The van der Waals surface area contributed by atoms with Gasteiger partial charge in [0.05, 0.1) is 7.11 Å². The van der Waals surface area contributed by atoms with Crippen LogP contribution in [0.1, 0.15) is 39.5 Å². The van der Waals surface area contributed by atoms with E-state index in [9.17, 15) is 19.5 Å². The molecule has 7 nitrogen and oxygen atoms in total. The quantitative estimate of drug-likeness (QED) is 0.744. The molecule has 1 saturated carbocycles. The zero-order valence-electron chi connectivity index (χ0n) is 12.8. The van der Waals surface area contributed by atoms with Gasteiger partial charge in [0.1, 0.15) is 12.1 Å². The van der Waals surface area contributed by atoms with Gasteiger partial charge in [0.25, 0.3) is 0 Å². The van der Waals surface area contributed by atoms with Crippen LogP contribution in [0.25, 0.3) is 0 Å². The number of hydrogen-bond acceptors (Lipinski definition) is 4. The Balaban J connectivity index is 2.80. The number of rotatable bonds is 5. The summed E-state index contributed by atoms with van der Waals surface area (Å²) in [6.07, 6.45) is 2.54. The number of nitrogens with one attached hydrogen (secondary N) is 1. The Hall–Kier alpha value is -1.79. The summed E-state index contributed by atoms with van der Waals surface area (Å²) in [4.78, 5) is 36.4. The van der Waals surface area contributed by atoms with Gasteiger partial charge in [-0.15, -0.1) is 0 Å². The predicted octanol–water partition coefficient (Wildman–Crippen LogP) is 1.22. The van der Waals surface area contributed by atoms with Gasteiger partial charge in [-0.3, -0.25) is 4.79 Å². The molecular weight excluding hydrogens is 276 g/mol. The first-order valence-electron chi connectivity index (χ1n) is 7.22. The zero-order valence-corrected chi connectivity index (χ0v) is 12.8. The second kappa shape index (κ2) is 7.28. The van der Waals surface area contributed by atoms with E-state index < -0.39 is 23.5 Å². The molecule has 0 aromatic rings. The fraction of sp³-hybridized carbons (Fsp3) is 0.786. The highest BCUT2D eigenvalue weighted by Crippen LogP contribution is 2.32. The van der Waals surface area contributed by atoms with E-state index in [4.69, 9.17) is 0 Å². The van der Waals surface area contributed by atoms with Crippen molar-refractivity contribution in [2.75, 3.05) is 20.2 Å². The molecule has 2 amide bonds. The number of esters is 1. The SMILES string of the molecule is CCN(CC(=O)OC)C(=O)NC1(C(=O)O)CCCC(C)C1. The maximum atomic E-state index is 12.3. The van der Waals surface area contributed by atoms with Crippen LogP contribution < -0.4 is 5.32 Å². The van der Waals surface area contributed by atoms with E-state index in [1.807, 2.05) is 6.92 Å². The molecule has 0 saturated heterocycles. The van der Waals surface area contributed by atoms with Gasteiger partial charge in [0.15, 0.2) is 0 Å². The van der Waals surface area contributed by atoms with Crippen molar-refractivity contribution in [3.63, 3.8) is 0 Å². The molecule has 7 heteroatoms. The van der Waals surface area contributed by atoms with Gasteiger partial charge >= 0.3 is 18.0 Å². The van der Waals surface area contributed by atoms with Gasteiger partial charge in [-0.05, 0) is 25.7 Å². The molecule has 1 fully saturated rings. The summed E-state index contributed by atoms with van der Waals surface area (Å²) in [5.41, 5.74) is -1.24. The number of carbonyl (C=O) groups excluding carboxylic acids is 2. The monoisotopic (exact) mass is 300 g/mol. The molecule has 0 spiro atoms. The molecule has 1 aliphatic rings. The lowest BCUT2D eigenvalue weighted by atomic mass is 9.76. The van der Waals surface area contributed by atoms with Crippen molar-refractivity contribution in [1.29, 1.82) is 0 Å². The number of carbonyl (C=O) groups is 3. The van der Waals surface area contributed by atoms with Crippen molar-refractivity contribution in [3.8, 4) is 0 Å². The van der Waals surface area contributed by atoms with E-state index >= 15 is 0 Å². The minimum Gasteiger partial charge on any atom is -0.480 e. The standard InChI is InChI=1S/C14H24N2O5/c1-4-16(9-11(17)21-3)13(20)15-14(12(18)19)7-5-6-10(2)8-14/h10H,4-9H2,1-3H3,(H,15,20)(H,18,19). The molecule has 0 aromatic heterocycles. The predicted molar refractivity (Wildman–Crippen MR) is 75.8 cm³/mol. The second-order valence-corrected chi connectivity index (χ2v) is 5.61. The van der Waals surface area contributed by atoms with E-state index in [-0.39, 0.29) is 12.5 Å². The number of likely N-dealkylation sites (N-methyl/N-ethyl adjacent to an activating group) is 1. The van der Waals surface area contributed by atoms with E-state index in [0.717, 1.165) is 12.8 Å². The number of methoxy groups -OCH3 is 1. The minimum atomic E-state index is -1.24. The summed E-state index contributed by atoms with van der Waals surface area (Å²) in [7, 11) is 1.25. The van der Waals surface area contributed by atoms with Gasteiger partial charge in [0, 0.05) is 6.54 Å². The number of amides is 2. The van der Waals surface area contributed by atoms with E-state index in [1.54, 1.807) is 6.92 Å². The van der Waals surface area contributed by atoms with Crippen molar-refractivity contribution in [2.45, 2.75) is 45.1 Å². The molecule has 0 aliphatic heterocycles. The Morgan fingerprint density at radius 1 is 1.43 bits per heavy atom. The largest absolute Gasteiger partial charge is 0.480 e. The van der Waals surface area contributed by atoms with Gasteiger partial charge in [0.2, 0.25) is 0 Å². The summed E-state index contributed by atoms with van der Waals surface area (Å²) in [6, 6.07) is -0.542. The second-order valence-electron chi connectivity index (χ2n) is 5.61. The smallest absolute Gasteiger partial charge is 0.329 e. The molecule has 120 valence electrons. The Morgan fingerprint density at radius 2 is 2.10 bits per heavy atom. The van der Waals surface area contributed by atoms with Gasteiger partial charge in [-0.2, -0.15) is 0 Å². The highest BCUT2D eigenvalue weighted by Gasteiger charge is 2.43. The highest BCUT2D eigenvalue weighted by molar-refractivity contribution is 5.88. The number of carboxylic acid groups (broad SMARTS) is 1. The van der Waals surface area contributed by atoms with Crippen LogP contribution in [-0.4, -0.2) is 53.7 Å². The van der Waals surface area contributed by atoms with Crippen molar-refractivity contribution in [2.24, 2.45) is 5.92 Å². The number of carboxylic acids is 1. The molecule has 0 radical (unpaired) electrons. The fourth-order valence-corrected chi connectivity index (χ4v) is 2.74. The first kappa shape index (κ1) is 17.3. The van der Waals surface area contributed by atoms with Crippen molar-refractivity contribution < 1.29 is 24.2 Å². The van der Waals surface area contributed by atoms with Crippen molar-refractivity contribution in [1.82, 2.24) is 10.2 Å². The molecule has 1 rings (SSSR count). The third-order valence-corrected chi connectivity index (χ3v) is 3.97. The number of hydrogen-bond donors (Lipinski definition) is 2. The van der Waals surface area contributed by atoms with Crippen molar-refractivity contribution in [3.05, 3.63) is 0 Å². The third kappa shape index (κ3) is 4.34. The Kier molecular flexibility index (Phi) is 5.99. The van der Waals surface area contributed by atoms with Crippen LogP contribution in [0.2, 0.25) is 0 Å². The molecule has 0 heterocycles. The van der Waals surface area contributed by atoms with Gasteiger partial charge in [-0.1, -0.05) is 19.8 Å². The van der Waals surface area contributed by atoms with E-state index in [0.29, 0.717) is 19.4 Å². The molecule has 0 aromatic carbocycles. The van der Waals surface area contributed by atoms with Crippen LogP contribution in [0.5, 0.6) is 0 Å². The lowest BCUT2D eigenvalue weighted by molar-refractivity contribution is -0.146. The van der Waals surface area contributed by atoms with E-state index in [1.165, 1.54) is 12.0 Å². The summed E-state index contributed by atoms with van der Waals surface area (Å²) in [5, 5.41) is 12.1. The van der Waals surface area contributed by atoms with Gasteiger partial charge < -0.3 is 20.1 Å². The zero-order chi connectivity index (χ0) is 16.0. The average molecular weight is 300 g/mol. The molecule has 2 atom stereocenters. The first-order valence-corrected chi connectivity index (χ1v) is 7.22. The number of ether oxygens (including phenoxy) is 1. The number of aliphatic carboxylic acids is 1. The third-order valence-electron chi connectivity index (χ3n) is 3.97. The van der Waals surface area contributed by atoms with Crippen LogP contribution in [-0.2, 0) is 14.3 Å². The number of urea groups is 1. The summed E-state index contributed by atoms with van der Waals surface area (Å²) < 4.78 is 4.54. The average Bonchev–Trinajstić information content (AvgIpc) is 2.43. The van der Waals surface area contributed by atoms with Crippen LogP contribution in [0.15, 0.2) is 0 Å². The van der Waals surface area contributed by atoms with Crippen LogP contribution >= 0.6 is 0 Å². The minimum absolute atomic E-state index is 0.190. The lowest BCUT2D eigenvalue weighted by Gasteiger charge is -2.38. The summed E-state index contributed by atoms with van der Waals surface area (Å²) in [6.45, 7) is 3.81. The Morgan fingerprint density at radius 3 is 2.57 bits per heavy atom. The van der Waals surface area contributed by atoms with Crippen LogP contribution in [0.3, 0.4) is 0 Å². The molecule has 0 bridgehead atoms. The van der Waals surface area contributed by atoms with Gasteiger partial charge in [-0.25, -0.2) is 9.59 Å². The van der Waals surface area contributed by atoms with Crippen molar-refractivity contribution >= 4 is 18.0 Å². The van der Waals surface area contributed by atoms with Crippen LogP contribution in [0, 0.1) is 5.92 Å². The maximum Gasteiger partial charge on any atom is 0.329 e. The molecule has 1 aliphatic carbocycles. The maximum absolute atomic E-state index is 12.3. The fourth-order valence-electron chi connectivity index (χ4n) is 2.74. The molecular formula is C14H24N2O5. The lowest BCUT2D eigenvalue weighted by Crippen LogP contribution is -2.60. The Labute approximate surface area is 124 Å². The number of nitrogens with zero attached hydrogens (tertiary/aromatic N) is 1.